The Morgan fingerprint density at radius 2 is 1.80 bits per heavy atom. The zero-order chi connectivity index (χ0) is 17.8. The highest BCUT2D eigenvalue weighted by Gasteiger charge is 2.20. The largest absolute Gasteiger partial charge is 0.302 e. The van der Waals surface area contributed by atoms with E-state index in [4.69, 9.17) is 0 Å². The maximum atomic E-state index is 13.0. The van der Waals surface area contributed by atoms with Crippen molar-refractivity contribution in [3.8, 4) is 0 Å². The van der Waals surface area contributed by atoms with Gasteiger partial charge < -0.3 is 4.57 Å². The molecule has 0 saturated heterocycles. The minimum Gasteiger partial charge on any atom is -0.302 e. The molecule has 3 rings (SSSR count). The quantitative estimate of drug-likeness (QED) is 0.493. The molecule has 1 atom stereocenters. The summed E-state index contributed by atoms with van der Waals surface area (Å²) in [5.41, 5.74) is 1.64. The Hall–Kier alpha value is -2.47. The summed E-state index contributed by atoms with van der Waals surface area (Å²) >= 11 is 1.36. The van der Waals surface area contributed by atoms with Gasteiger partial charge in [-0.1, -0.05) is 42.1 Å². The Morgan fingerprint density at radius 1 is 1.12 bits per heavy atom. The van der Waals surface area contributed by atoms with Gasteiger partial charge in [0.05, 0.1) is 11.8 Å². The van der Waals surface area contributed by atoms with E-state index >= 15 is 0 Å². The molecule has 0 aliphatic rings. The van der Waals surface area contributed by atoms with Gasteiger partial charge in [0.2, 0.25) is 0 Å². The van der Waals surface area contributed by atoms with Gasteiger partial charge in [0.1, 0.15) is 11.6 Å². The molecule has 1 aromatic heterocycles. The minimum atomic E-state index is -0.352. The highest BCUT2D eigenvalue weighted by Crippen LogP contribution is 2.25. The number of aromatic nitrogens is 3. The number of benzene rings is 2. The van der Waals surface area contributed by atoms with Crippen LogP contribution in [0.2, 0.25) is 0 Å². The van der Waals surface area contributed by atoms with E-state index in [0.717, 1.165) is 11.4 Å². The molecule has 3 aromatic rings. The maximum Gasteiger partial charge on any atom is 0.192 e. The third-order valence-electron chi connectivity index (χ3n) is 3.87. The standard InChI is InChI=1S/C19H18FN3OS/c1-13(18(24)16-8-10-17(20)11-9-16)25-19-22-21-14(2)23(19)12-15-6-4-3-5-7-15/h3-11,13H,12H2,1-2H3/t13-/m1/s1. The lowest BCUT2D eigenvalue weighted by molar-refractivity contribution is 0.0994. The van der Waals surface area contributed by atoms with Crippen molar-refractivity contribution in [3.63, 3.8) is 0 Å². The first-order chi connectivity index (χ1) is 12.0. The van der Waals surface area contributed by atoms with Crippen molar-refractivity contribution < 1.29 is 9.18 Å². The Bertz CT molecular complexity index is 862. The number of rotatable bonds is 6. The summed E-state index contributed by atoms with van der Waals surface area (Å²) in [4.78, 5) is 12.5. The van der Waals surface area contributed by atoms with Crippen molar-refractivity contribution >= 4 is 17.5 Å². The second-order valence-corrected chi connectivity index (χ2v) is 7.04. The van der Waals surface area contributed by atoms with E-state index in [-0.39, 0.29) is 16.9 Å². The van der Waals surface area contributed by atoms with E-state index in [2.05, 4.69) is 10.2 Å². The number of hydrogen-bond donors (Lipinski definition) is 0. The molecule has 4 nitrogen and oxygen atoms in total. The van der Waals surface area contributed by atoms with E-state index in [1.165, 1.54) is 36.0 Å². The van der Waals surface area contributed by atoms with Crippen LogP contribution in [-0.4, -0.2) is 25.8 Å². The van der Waals surface area contributed by atoms with E-state index in [9.17, 15) is 9.18 Å². The number of aryl methyl sites for hydroxylation is 1. The van der Waals surface area contributed by atoms with Crippen LogP contribution in [0.25, 0.3) is 0 Å². The number of nitrogens with zero attached hydrogens (tertiary/aromatic N) is 3. The molecule has 25 heavy (non-hydrogen) atoms. The predicted octanol–water partition coefficient (Wildman–Crippen LogP) is 4.14. The number of ketones is 1. The predicted molar refractivity (Wildman–Crippen MR) is 96.4 cm³/mol. The third kappa shape index (κ3) is 4.14. The van der Waals surface area contributed by atoms with Gasteiger partial charge in [-0.3, -0.25) is 4.79 Å². The number of carbonyl (C=O) groups excluding carboxylic acids is 1. The van der Waals surface area contributed by atoms with Crippen molar-refractivity contribution in [1.29, 1.82) is 0 Å². The van der Waals surface area contributed by atoms with Gasteiger partial charge in [-0.2, -0.15) is 0 Å². The number of thioether (sulfide) groups is 1. The molecular formula is C19H18FN3OS. The van der Waals surface area contributed by atoms with Gasteiger partial charge in [-0.15, -0.1) is 10.2 Å². The number of halogens is 1. The van der Waals surface area contributed by atoms with Crippen LogP contribution in [0.5, 0.6) is 0 Å². The van der Waals surface area contributed by atoms with Gasteiger partial charge in [0.15, 0.2) is 10.9 Å². The smallest absolute Gasteiger partial charge is 0.192 e. The molecule has 0 bridgehead atoms. The van der Waals surface area contributed by atoms with Crippen molar-refractivity contribution in [3.05, 3.63) is 77.4 Å². The third-order valence-corrected chi connectivity index (χ3v) is 4.95. The molecular weight excluding hydrogens is 337 g/mol. The fourth-order valence-corrected chi connectivity index (χ4v) is 3.43. The highest BCUT2D eigenvalue weighted by atomic mass is 32.2. The molecule has 0 fully saturated rings. The van der Waals surface area contributed by atoms with Gasteiger partial charge in [0, 0.05) is 5.56 Å². The lowest BCUT2D eigenvalue weighted by Gasteiger charge is -2.12. The summed E-state index contributed by atoms with van der Waals surface area (Å²) in [5.74, 6) is 0.389. The summed E-state index contributed by atoms with van der Waals surface area (Å²) in [6, 6.07) is 15.7. The normalized spacial score (nSPS) is 12.1. The van der Waals surface area contributed by atoms with Crippen LogP contribution in [-0.2, 0) is 6.54 Å². The Balaban J connectivity index is 1.76. The van der Waals surface area contributed by atoms with Crippen molar-refractivity contribution in [2.45, 2.75) is 30.8 Å². The molecule has 0 saturated carbocycles. The highest BCUT2D eigenvalue weighted by molar-refractivity contribution is 8.00. The van der Waals surface area contributed by atoms with Crippen LogP contribution < -0.4 is 0 Å². The molecule has 0 unspecified atom stereocenters. The maximum absolute atomic E-state index is 13.0. The first kappa shape index (κ1) is 17.4. The zero-order valence-corrected chi connectivity index (χ0v) is 14.8. The Morgan fingerprint density at radius 3 is 2.48 bits per heavy atom. The lowest BCUT2D eigenvalue weighted by atomic mass is 10.1. The van der Waals surface area contributed by atoms with Crippen LogP contribution in [0, 0.1) is 12.7 Å². The van der Waals surface area contributed by atoms with Crippen LogP contribution >= 0.6 is 11.8 Å². The SMILES string of the molecule is Cc1nnc(S[C@H](C)C(=O)c2ccc(F)cc2)n1Cc1ccccc1. The molecule has 0 aliphatic heterocycles. The van der Waals surface area contributed by atoms with Crippen LogP contribution in [0.3, 0.4) is 0 Å². The second kappa shape index (κ2) is 7.61. The van der Waals surface area contributed by atoms with E-state index < -0.39 is 0 Å². The molecule has 0 radical (unpaired) electrons. The van der Waals surface area contributed by atoms with Crippen LogP contribution in [0.15, 0.2) is 59.8 Å². The van der Waals surface area contributed by atoms with Crippen molar-refractivity contribution in [1.82, 2.24) is 14.8 Å². The summed E-state index contributed by atoms with van der Waals surface area (Å²) in [7, 11) is 0. The van der Waals surface area contributed by atoms with Gasteiger partial charge >= 0.3 is 0 Å². The first-order valence-electron chi connectivity index (χ1n) is 7.95. The number of Topliss-reactive ketones (excluding diaryl/α,β-unsaturated/α-hetero) is 1. The molecule has 1 heterocycles. The minimum absolute atomic E-state index is 0.0584. The van der Waals surface area contributed by atoms with Gasteiger partial charge in [-0.05, 0) is 43.7 Å². The Labute approximate surface area is 150 Å². The molecule has 0 amide bonds. The number of hydrogen-bond acceptors (Lipinski definition) is 4. The summed E-state index contributed by atoms with van der Waals surface area (Å²) in [6.45, 7) is 4.37. The van der Waals surface area contributed by atoms with Crippen molar-refractivity contribution in [2.24, 2.45) is 0 Å². The average molecular weight is 355 g/mol. The lowest BCUT2D eigenvalue weighted by Crippen LogP contribution is -2.15. The second-order valence-electron chi connectivity index (χ2n) is 5.73. The summed E-state index contributed by atoms with van der Waals surface area (Å²) in [6.07, 6.45) is 0. The van der Waals surface area contributed by atoms with Crippen LogP contribution in [0.4, 0.5) is 4.39 Å². The number of carbonyl (C=O) groups is 1. The molecule has 0 aliphatic carbocycles. The fourth-order valence-electron chi connectivity index (χ4n) is 2.46. The van der Waals surface area contributed by atoms with E-state index in [1.54, 1.807) is 0 Å². The molecule has 128 valence electrons. The molecule has 2 aromatic carbocycles. The topological polar surface area (TPSA) is 47.8 Å². The monoisotopic (exact) mass is 355 g/mol. The van der Waals surface area contributed by atoms with Gasteiger partial charge in [0.25, 0.3) is 0 Å². The molecule has 0 spiro atoms. The van der Waals surface area contributed by atoms with E-state index in [0.29, 0.717) is 17.3 Å². The summed E-state index contributed by atoms with van der Waals surface area (Å²) < 4.78 is 15.0. The first-order valence-corrected chi connectivity index (χ1v) is 8.82. The Kier molecular flexibility index (Phi) is 5.28. The fraction of sp³-hybridized carbons (Fsp3) is 0.211. The molecule has 0 N–H and O–H groups in total. The van der Waals surface area contributed by atoms with Gasteiger partial charge in [-0.25, -0.2) is 4.39 Å². The molecule has 6 heteroatoms. The van der Waals surface area contributed by atoms with Crippen molar-refractivity contribution in [2.75, 3.05) is 0 Å². The zero-order valence-electron chi connectivity index (χ0n) is 14.0. The van der Waals surface area contributed by atoms with Crippen LogP contribution in [0.1, 0.15) is 28.7 Å². The van der Waals surface area contributed by atoms with E-state index in [1.807, 2.05) is 48.7 Å². The summed E-state index contributed by atoms with van der Waals surface area (Å²) in [5, 5.41) is 8.70. The average Bonchev–Trinajstić information content (AvgIpc) is 2.96.